The molecule has 0 unspecified atom stereocenters. The van der Waals surface area contributed by atoms with E-state index in [-0.39, 0.29) is 29.4 Å². The van der Waals surface area contributed by atoms with Crippen LogP contribution in [-0.2, 0) is 9.59 Å². The van der Waals surface area contributed by atoms with Crippen LogP contribution < -0.4 is 5.32 Å². The predicted octanol–water partition coefficient (Wildman–Crippen LogP) is 0.988. The average Bonchev–Trinajstić information content (AvgIpc) is 2.57. The van der Waals surface area contributed by atoms with Gasteiger partial charge in [0, 0.05) is 19.5 Å². The van der Waals surface area contributed by atoms with Gasteiger partial charge in [-0.25, -0.2) is 0 Å². The lowest BCUT2D eigenvalue weighted by atomic mass is 10.2. The standard InChI is InChI=1S/C10H16N2O3S/c1-2-3-4-8(13)11-5-6-12-9(14)7-16-10(12)15/h2-7H2,1H3,(H,11,13). The van der Waals surface area contributed by atoms with Crippen molar-refractivity contribution >= 4 is 28.8 Å². The number of hydrogen-bond acceptors (Lipinski definition) is 4. The minimum absolute atomic E-state index is 0.0198. The summed E-state index contributed by atoms with van der Waals surface area (Å²) in [6.07, 6.45) is 2.35. The molecule has 1 saturated heterocycles. The lowest BCUT2D eigenvalue weighted by Crippen LogP contribution is -2.37. The normalized spacial score (nSPS) is 15.7. The third-order valence-corrected chi connectivity index (χ3v) is 3.11. The van der Waals surface area contributed by atoms with Crippen molar-refractivity contribution in [1.82, 2.24) is 10.2 Å². The average molecular weight is 244 g/mol. The third kappa shape index (κ3) is 3.84. The van der Waals surface area contributed by atoms with Gasteiger partial charge in [-0.2, -0.15) is 0 Å². The summed E-state index contributed by atoms with van der Waals surface area (Å²) in [5.74, 6) is 0.0363. The van der Waals surface area contributed by atoms with Crippen molar-refractivity contribution in [3.05, 3.63) is 0 Å². The van der Waals surface area contributed by atoms with E-state index in [1.54, 1.807) is 0 Å². The maximum Gasteiger partial charge on any atom is 0.288 e. The Morgan fingerprint density at radius 2 is 2.25 bits per heavy atom. The number of rotatable bonds is 6. The van der Waals surface area contributed by atoms with Gasteiger partial charge in [-0.15, -0.1) is 0 Å². The van der Waals surface area contributed by atoms with E-state index in [2.05, 4.69) is 5.32 Å². The molecule has 6 heteroatoms. The summed E-state index contributed by atoms with van der Waals surface area (Å²) >= 11 is 1.01. The number of carbonyl (C=O) groups excluding carboxylic acids is 3. The first-order chi connectivity index (χ1) is 7.65. The van der Waals surface area contributed by atoms with E-state index in [1.165, 1.54) is 4.90 Å². The molecule has 1 rings (SSSR count). The monoisotopic (exact) mass is 244 g/mol. The van der Waals surface area contributed by atoms with Crippen LogP contribution >= 0.6 is 11.8 Å². The zero-order valence-electron chi connectivity index (χ0n) is 9.32. The summed E-state index contributed by atoms with van der Waals surface area (Å²) in [6, 6.07) is 0. The summed E-state index contributed by atoms with van der Waals surface area (Å²) in [4.78, 5) is 34.8. The number of nitrogens with one attached hydrogen (secondary N) is 1. The van der Waals surface area contributed by atoms with Crippen molar-refractivity contribution < 1.29 is 14.4 Å². The summed E-state index contributed by atoms with van der Waals surface area (Å²) < 4.78 is 0. The molecule has 1 aliphatic rings. The number of unbranched alkanes of at least 4 members (excludes halogenated alkanes) is 1. The van der Waals surface area contributed by atoms with E-state index in [1.807, 2.05) is 6.92 Å². The van der Waals surface area contributed by atoms with Crippen molar-refractivity contribution in [2.75, 3.05) is 18.8 Å². The molecular formula is C10H16N2O3S. The molecule has 1 heterocycles. The van der Waals surface area contributed by atoms with Crippen molar-refractivity contribution in [1.29, 1.82) is 0 Å². The Bertz CT molecular complexity index is 278. The Hall–Kier alpha value is -1.04. The summed E-state index contributed by atoms with van der Waals surface area (Å²) in [6.45, 7) is 2.65. The summed E-state index contributed by atoms with van der Waals surface area (Å²) in [5.41, 5.74) is 0. The first-order valence-electron chi connectivity index (χ1n) is 5.39. The molecule has 0 atom stereocenters. The molecule has 0 saturated carbocycles. The number of thioether (sulfide) groups is 1. The van der Waals surface area contributed by atoms with Crippen LogP contribution in [0.4, 0.5) is 4.79 Å². The summed E-state index contributed by atoms with van der Waals surface area (Å²) in [7, 11) is 0. The van der Waals surface area contributed by atoms with Gasteiger partial charge in [0.2, 0.25) is 11.8 Å². The highest BCUT2D eigenvalue weighted by Crippen LogP contribution is 2.17. The van der Waals surface area contributed by atoms with Crippen LogP contribution in [0.2, 0.25) is 0 Å². The number of imide groups is 1. The van der Waals surface area contributed by atoms with Gasteiger partial charge in [-0.05, 0) is 6.42 Å². The van der Waals surface area contributed by atoms with Crippen LogP contribution in [0.25, 0.3) is 0 Å². The summed E-state index contributed by atoms with van der Waals surface area (Å²) in [5, 5.41) is 2.48. The number of carbonyl (C=O) groups is 3. The SMILES string of the molecule is CCCCC(=O)NCCN1C(=O)CSC1=O. The van der Waals surface area contributed by atoms with Crippen molar-refractivity contribution in [3.63, 3.8) is 0 Å². The fraction of sp³-hybridized carbons (Fsp3) is 0.700. The minimum atomic E-state index is -0.215. The molecular weight excluding hydrogens is 228 g/mol. The zero-order chi connectivity index (χ0) is 12.0. The van der Waals surface area contributed by atoms with Crippen LogP contribution in [0, 0.1) is 0 Å². The van der Waals surface area contributed by atoms with E-state index in [0.29, 0.717) is 13.0 Å². The molecule has 0 aliphatic carbocycles. The Kier molecular flexibility index (Phi) is 5.31. The Morgan fingerprint density at radius 3 is 2.81 bits per heavy atom. The molecule has 0 aromatic heterocycles. The van der Waals surface area contributed by atoms with E-state index in [9.17, 15) is 14.4 Å². The molecule has 90 valence electrons. The predicted molar refractivity (Wildman–Crippen MR) is 62.1 cm³/mol. The lowest BCUT2D eigenvalue weighted by molar-refractivity contribution is -0.125. The van der Waals surface area contributed by atoms with Gasteiger partial charge in [-0.3, -0.25) is 19.3 Å². The first kappa shape index (κ1) is 13.0. The van der Waals surface area contributed by atoms with Crippen LogP contribution in [0.3, 0.4) is 0 Å². The topological polar surface area (TPSA) is 66.5 Å². The van der Waals surface area contributed by atoms with E-state index >= 15 is 0 Å². The van der Waals surface area contributed by atoms with Gasteiger partial charge in [0.25, 0.3) is 5.24 Å². The van der Waals surface area contributed by atoms with Crippen LogP contribution in [-0.4, -0.2) is 40.8 Å². The van der Waals surface area contributed by atoms with Gasteiger partial charge in [0.15, 0.2) is 0 Å². The molecule has 3 amide bonds. The molecule has 0 aromatic carbocycles. The zero-order valence-corrected chi connectivity index (χ0v) is 10.1. The van der Waals surface area contributed by atoms with Crippen LogP contribution in [0.1, 0.15) is 26.2 Å². The molecule has 0 radical (unpaired) electrons. The molecule has 16 heavy (non-hydrogen) atoms. The van der Waals surface area contributed by atoms with Gasteiger partial charge in [0.1, 0.15) is 0 Å². The molecule has 0 spiro atoms. The Labute approximate surface area is 98.9 Å². The van der Waals surface area contributed by atoms with E-state index in [4.69, 9.17) is 0 Å². The van der Waals surface area contributed by atoms with Crippen LogP contribution in [0.5, 0.6) is 0 Å². The maximum absolute atomic E-state index is 11.2. The number of amides is 3. The lowest BCUT2D eigenvalue weighted by Gasteiger charge is -2.12. The smallest absolute Gasteiger partial charge is 0.288 e. The molecule has 0 aromatic rings. The van der Waals surface area contributed by atoms with Crippen molar-refractivity contribution in [3.8, 4) is 0 Å². The van der Waals surface area contributed by atoms with E-state index in [0.717, 1.165) is 24.6 Å². The Morgan fingerprint density at radius 1 is 1.50 bits per heavy atom. The fourth-order valence-electron chi connectivity index (χ4n) is 1.33. The highest BCUT2D eigenvalue weighted by atomic mass is 32.2. The van der Waals surface area contributed by atoms with Crippen LogP contribution in [0.15, 0.2) is 0 Å². The van der Waals surface area contributed by atoms with E-state index < -0.39 is 0 Å². The second-order valence-corrected chi connectivity index (χ2v) is 4.48. The first-order valence-corrected chi connectivity index (χ1v) is 6.37. The minimum Gasteiger partial charge on any atom is -0.354 e. The second-order valence-electron chi connectivity index (χ2n) is 3.55. The second kappa shape index (κ2) is 6.52. The van der Waals surface area contributed by atoms with Gasteiger partial charge in [-0.1, -0.05) is 25.1 Å². The third-order valence-electron chi connectivity index (χ3n) is 2.26. The largest absolute Gasteiger partial charge is 0.354 e. The van der Waals surface area contributed by atoms with Gasteiger partial charge < -0.3 is 5.32 Å². The highest BCUT2D eigenvalue weighted by Gasteiger charge is 2.29. The molecule has 1 aliphatic heterocycles. The quantitative estimate of drug-likeness (QED) is 0.756. The Balaban J connectivity index is 2.17. The molecule has 1 fully saturated rings. The fourth-order valence-corrected chi connectivity index (χ4v) is 2.08. The van der Waals surface area contributed by atoms with Gasteiger partial charge in [0.05, 0.1) is 5.75 Å². The number of nitrogens with zero attached hydrogens (tertiary/aromatic N) is 1. The van der Waals surface area contributed by atoms with Crippen molar-refractivity contribution in [2.45, 2.75) is 26.2 Å². The molecule has 1 N–H and O–H groups in total. The molecule has 5 nitrogen and oxygen atoms in total. The molecule has 0 bridgehead atoms. The maximum atomic E-state index is 11.2. The highest BCUT2D eigenvalue weighted by molar-refractivity contribution is 8.14. The van der Waals surface area contributed by atoms with Crippen molar-refractivity contribution in [2.24, 2.45) is 0 Å². The van der Waals surface area contributed by atoms with Gasteiger partial charge >= 0.3 is 0 Å². The number of hydrogen-bond donors (Lipinski definition) is 1.